The van der Waals surface area contributed by atoms with Gasteiger partial charge in [0, 0.05) is 43.0 Å². The number of amides is 2. The Kier molecular flexibility index (Phi) is 6.16. The number of carbonyl (C=O) groups excluding carboxylic acids is 2. The van der Waals surface area contributed by atoms with E-state index in [2.05, 4.69) is 10.6 Å². The van der Waals surface area contributed by atoms with Crippen LogP contribution in [-0.2, 0) is 0 Å². The molecule has 2 aromatic carbocycles. The average molecular weight is 383 g/mol. The van der Waals surface area contributed by atoms with Crippen LogP contribution in [0.25, 0.3) is 0 Å². The maximum absolute atomic E-state index is 12.6. The van der Waals surface area contributed by atoms with Crippen LogP contribution in [0.2, 0.25) is 0 Å². The largest absolute Gasteiger partial charge is 0.493 e. The van der Waals surface area contributed by atoms with Crippen LogP contribution in [0.3, 0.4) is 0 Å². The first-order valence-corrected chi connectivity index (χ1v) is 9.17. The molecule has 0 spiro atoms. The van der Waals surface area contributed by atoms with E-state index in [4.69, 9.17) is 9.47 Å². The number of hydrogen-bond donors (Lipinski definition) is 2. The Labute approximate surface area is 164 Å². The van der Waals surface area contributed by atoms with Gasteiger partial charge in [-0.15, -0.1) is 0 Å². The summed E-state index contributed by atoms with van der Waals surface area (Å²) < 4.78 is 10.4. The summed E-state index contributed by atoms with van der Waals surface area (Å²) in [7, 11) is 3.07. The second kappa shape index (κ2) is 8.75. The van der Waals surface area contributed by atoms with Crippen molar-refractivity contribution in [1.29, 1.82) is 0 Å². The summed E-state index contributed by atoms with van der Waals surface area (Å²) in [6.45, 7) is 4.90. The summed E-state index contributed by atoms with van der Waals surface area (Å²) in [6, 6.07) is 10.3. The molecular formula is C21H25N3O4. The molecule has 1 aliphatic rings. The van der Waals surface area contributed by atoms with E-state index in [1.165, 1.54) is 7.11 Å². The highest BCUT2D eigenvalue weighted by Crippen LogP contribution is 2.28. The number of rotatable bonds is 5. The van der Waals surface area contributed by atoms with Crippen molar-refractivity contribution in [2.24, 2.45) is 0 Å². The Morgan fingerprint density at radius 3 is 2.29 bits per heavy atom. The van der Waals surface area contributed by atoms with Crippen LogP contribution in [0.15, 0.2) is 36.4 Å². The van der Waals surface area contributed by atoms with Crippen molar-refractivity contribution in [3.05, 3.63) is 53.1 Å². The number of carbonyl (C=O) groups is 2. The molecule has 3 rings (SSSR count). The maximum atomic E-state index is 12.6. The molecule has 2 aromatic rings. The predicted molar refractivity (Wildman–Crippen MR) is 107 cm³/mol. The van der Waals surface area contributed by atoms with E-state index in [1.807, 2.05) is 17.9 Å². The van der Waals surface area contributed by atoms with E-state index in [0.717, 1.165) is 18.7 Å². The number of nitrogens with one attached hydrogen (secondary N) is 2. The van der Waals surface area contributed by atoms with Gasteiger partial charge in [-0.2, -0.15) is 0 Å². The topological polar surface area (TPSA) is 79.9 Å². The van der Waals surface area contributed by atoms with Gasteiger partial charge in [-0.1, -0.05) is 0 Å². The third-order valence-electron chi connectivity index (χ3n) is 4.77. The first-order chi connectivity index (χ1) is 13.5. The Morgan fingerprint density at radius 2 is 1.64 bits per heavy atom. The minimum Gasteiger partial charge on any atom is -0.493 e. The van der Waals surface area contributed by atoms with Crippen LogP contribution in [0, 0.1) is 6.92 Å². The van der Waals surface area contributed by atoms with Crippen molar-refractivity contribution >= 4 is 17.5 Å². The number of nitrogens with zero attached hydrogens (tertiary/aromatic N) is 1. The molecule has 0 aromatic heterocycles. The lowest BCUT2D eigenvalue weighted by molar-refractivity contribution is 0.0735. The minimum atomic E-state index is -0.259. The number of anilines is 1. The molecule has 0 aliphatic carbocycles. The van der Waals surface area contributed by atoms with Crippen molar-refractivity contribution in [3.63, 3.8) is 0 Å². The first kappa shape index (κ1) is 19.7. The number of aryl methyl sites for hydroxylation is 1. The van der Waals surface area contributed by atoms with Gasteiger partial charge < -0.3 is 25.0 Å². The molecule has 1 fully saturated rings. The van der Waals surface area contributed by atoms with Crippen molar-refractivity contribution in [2.45, 2.75) is 6.92 Å². The number of piperazine rings is 1. The molecular weight excluding hydrogens is 358 g/mol. The van der Waals surface area contributed by atoms with Crippen LogP contribution >= 0.6 is 0 Å². The van der Waals surface area contributed by atoms with E-state index in [9.17, 15) is 9.59 Å². The normalized spacial score (nSPS) is 13.8. The maximum Gasteiger partial charge on any atom is 0.255 e. The number of methoxy groups -OCH3 is 2. The molecule has 0 saturated carbocycles. The predicted octanol–water partition coefficient (Wildman–Crippen LogP) is 2.31. The third kappa shape index (κ3) is 4.26. The lowest BCUT2D eigenvalue weighted by Gasteiger charge is -2.27. The first-order valence-electron chi connectivity index (χ1n) is 9.17. The van der Waals surface area contributed by atoms with Gasteiger partial charge in [0.25, 0.3) is 11.8 Å². The molecule has 148 valence electrons. The molecule has 7 nitrogen and oxygen atoms in total. The molecule has 1 aliphatic heterocycles. The Morgan fingerprint density at radius 1 is 0.964 bits per heavy atom. The summed E-state index contributed by atoms with van der Waals surface area (Å²) in [5, 5.41) is 6.13. The van der Waals surface area contributed by atoms with Crippen molar-refractivity contribution in [3.8, 4) is 11.5 Å². The SMILES string of the molecule is COc1ccc(C(=O)Nc2ccc(C(=O)N3CCNCC3)cc2C)cc1OC. The van der Waals surface area contributed by atoms with Crippen molar-refractivity contribution in [1.82, 2.24) is 10.2 Å². The summed E-state index contributed by atoms with van der Waals surface area (Å²) in [5.41, 5.74) is 2.58. The van der Waals surface area contributed by atoms with Crippen LogP contribution < -0.4 is 20.1 Å². The van der Waals surface area contributed by atoms with E-state index in [-0.39, 0.29) is 11.8 Å². The lowest BCUT2D eigenvalue weighted by atomic mass is 10.1. The van der Waals surface area contributed by atoms with Crippen LogP contribution in [0.1, 0.15) is 26.3 Å². The smallest absolute Gasteiger partial charge is 0.255 e. The van der Waals surface area contributed by atoms with Gasteiger partial charge in [0.15, 0.2) is 11.5 Å². The quantitative estimate of drug-likeness (QED) is 0.828. The zero-order valence-corrected chi connectivity index (χ0v) is 16.4. The number of ether oxygens (including phenoxy) is 2. The van der Waals surface area contributed by atoms with Crippen LogP contribution in [0.4, 0.5) is 5.69 Å². The standard InChI is InChI=1S/C21H25N3O4/c1-14-12-16(21(26)24-10-8-22-9-11-24)4-6-17(14)23-20(25)15-5-7-18(27-2)19(13-15)28-3/h4-7,12-13,22H,8-11H2,1-3H3,(H,23,25). The van der Waals surface area contributed by atoms with Gasteiger partial charge in [-0.3, -0.25) is 9.59 Å². The van der Waals surface area contributed by atoms with E-state index in [1.54, 1.807) is 37.4 Å². The monoisotopic (exact) mass is 383 g/mol. The van der Waals surface area contributed by atoms with E-state index >= 15 is 0 Å². The fourth-order valence-corrected chi connectivity index (χ4v) is 3.16. The molecule has 7 heteroatoms. The van der Waals surface area contributed by atoms with Gasteiger partial charge in [-0.25, -0.2) is 0 Å². The molecule has 0 unspecified atom stereocenters. The highest BCUT2D eigenvalue weighted by atomic mass is 16.5. The molecule has 1 heterocycles. The second-order valence-electron chi connectivity index (χ2n) is 6.60. The molecule has 28 heavy (non-hydrogen) atoms. The summed E-state index contributed by atoms with van der Waals surface area (Å²) in [4.78, 5) is 27.1. The number of benzene rings is 2. The molecule has 1 saturated heterocycles. The van der Waals surface area contributed by atoms with Gasteiger partial charge >= 0.3 is 0 Å². The Hall–Kier alpha value is -3.06. The van der Waals surface area contributed by atoms with Gasteiger partial charge in [0.05, 0.1) is 14.2 Å². The van der Waals surface area contributed by atoms with Gasteiger partial charge in [0.2, 0.25) is 0 Å². The highest BCUT2D eigenvalue weighted by molar-refractivity contribution is 6.05. The number of hydrogen-bond acceptors (Lipinski definition) is 5. The zero-order valence-electron chi connectivity index (χ0n) is 16.4. The summed E-state index contributed by atoms with van der Waals surface area (Å²) in [5.74, 6) is 0.808. The second-order valence-corrected chi connectivity index (χ2v) is 6.60. The fourth-order valence-electron chi connectivity index (χ4n) is 3.16. The van der Waals surface area contributed by atoms with Crippen LogP contribution in [-0.4, -0.2) is 57.1 Å². The summed E-state index contributed by atoms with van der Waals surface area (Å²) in [6.07, 6.45) is 0. The lowest BCUT2D eigenvalue weighted by Crippen LogP contribution is -2.46. The minimum absolute atomic E-state index is 0.0161. The molecule has 0 atom stereocenters. The molecule has 0 radical (unpaired) electrons. The molecule has 0 bridgehead atoms. The Balaban J connectivity index is 1.74. The molecule has 2 N–H and O–H groups in total. The third-order valence-corrected chi connectivity index (χ3v) is 4.77. The zero-order chi connectivity index (χ0) is 20.1. The average Bonchev–Trinajstić information content (AvgIpc) is 2.74. The van der Waals surface area contributed by atoms with Crippen molar-refractivity contribution < 1.29 is 19.1 Å². The van der Waals surface area contributed by atoms with Gasteiger partial charge in [-0.05, 0) is 48.9 Å². The van der Waals surface area contributed by atoms with Crippen LogP contribution in [0.5, 0.6) is 11.5 Å². The van der Waals surface area contributed by atoms with Crippen molar-refractivity contribution in [2.75, 3.05) is 45.7 Å². The van der Waals surface area contributed by atoms with E-state index < -0.39 is 0 Å². The molecule has 2 amide bonds. The van der Waals surface area contributed by atoms with Gasteiger partial charge in [0.1, 0.15) is 0 Å². The highest BCUT2D eigenvalue weighted by Gasteiger charge is 2.19. The van der Waals surface area contributed by atoms with E-state index in [0.29, 0.717) is 41.4 Å². The fraction of sp³-hybridized carbons (Fsp3) is 0.333. The summed E-state index contributed by atoms with van der Waals surface area (Å²) >= 11 is 0. The Bertz CT molecular complexity index is 876.